The van der Waals surface area contributed by atoms with Crippen LogP contribution < -0.4 is 0 Å². The Labute approximate surface area is 141 Å². The summed E-state index contributed by atoms with van der Waals surface area (Å²) in [5, 5.41) is 11.5. The number of para-hydroxylation sites is 1. The average Bonchev–Trinajstić information content (AvgIpc) is 2.90. The second kappa shape index (κ2) is 6.93. The lowest BCUT2D eigenvalue weighted by Crippen LogP contribution is -2.57. The van der Waals surface area contributed by atoms with E-state index in [0.717, 1.165) is 16.6 Å². The lowest BCUT2D eigenvalue weighted by molar-refractivity contribution is -0.158. The van der Waals surface area contributed by atoms with E-state index in [4.69, 9.17) is 9.47 Å². The first-order valence-electron chi connectivity index (χ1n) is 8.12. The standard InChI is InChI=1S/C18H24N2O4/c1-12-8-13-6-4-5-7-14(13)20(12)9-17(21)19(2)15-10-24-11-16(23-3)18(15)22/h4-8,15-16,18,22H,9-11H2,1-3H3/t15-,16-,18+/m1/s1. The summed E-state index contributed by atoms with van der Waals surface area (Å²) in [6, 6.07) is 9.67. The van der Waals surface area contributed by atoms with Gasteiger partial charge in [0.05, 0.1) is 19.3 Å². The van der Waals surface area contributed by atoms with Crippen LogP contribution in [0.25, 0.3) is 10.9 Å². The normalized spacial score (nSPS) is 24.2. The lowest BCUT2D eigenvalue weighted by atomic mass is 10.0. The number of hydrogen-bond acceptors (Lipinski definition) is 4. The van der Waals surface area contributed by atoms with Crippen molar-refractivity contribution in [2.75, 3.05) is 27.4 Å². The van der Waals surface area contributed by atoms with Gasteiger partial charge >= 0.3 is 0 Å². The van der Waals surface area contributed by atoms with Crippen LogP contribution in [0.3, 0.4) is 0 Å². The molecule has 0 saturated carbocycles. The van der Waals surface area contributed by atoms with Crippen molar-refractivity contribution in [1.29, 1.82) is 0 Å². The van der Waals surface area contributed by atoms with E-state index in [2.05, 4.69) is 6.07 Å². The summed E-state index contributed by atoms with van der Waals surface area (Å²) in [6.45, 7) is 2.88. The zero-order chi connectivity index (χ0) is 17.3. The summed E-state index contributed by atoms with van der Waals surface area (Å²) in [4.78, 5) is 14.3. The average molecular weight is 332 g/mol. The van der Waals surface area contributed by atoms with Crippen LogP contribution >= 0.6 is 0 Å². The van der Waals surface area contributed by atoms with Gasteiger partial charge in [0.15, 0.2) is 0 Å². The predicted molar refractivity (Wildman–Crippen MR) is 90.9 cm³/mol. The first-order chi connectivity index (χ1) is 11.5. The number of nitrogens with zero attached hydrogens (tertiary/aromatic N) is 2. The third kappa shape index (κ3) is 3.05. The zero-order valence-electron chi connectivity index (χ0n) is 14.3. The van der Waals surface area contributed by atoms with Gasteiger partial charge < -0.3 is 24.0 Å². The number of benzene rings is 1. The minimum absolute atomic E-state index is 0.0659. The Balaban J connectivity index is 1.77. The molecule has 3 atom stereocenters. The van der Waals surface area contributed by atoms with E-state index in [1.54, 1.807) is 11.9 Å². The van der Waals surface area contributed by atoms with Crippen molar-refractivity contribution in [3.05, 3.63) is 36.0 Å². The molecule has 1 saturated heterocycles. The Kier molecular flexibility index (Phi) is 4.89. The molecule has 6 nitrogen and oxygen atoms in total. The number of aryl methyl sites for hydroxylation is 1. The highest BCUT2D eigenvalue weighted by Gasteiger charge is 2.37. The smallest absolute Gasteiger partial charge is 0.242 e. The van der Waals surface area contributed by atoms with E-state index in [1.165, 1.54) is 7.11 Å². The fourth-order valence-electron chi connectivity index (χ4n) is 3.29. The first kappa shape index (κ1) is 17.0. The van der Waals surface area contributed by atoms with Crippen molar-refractivity contribution in [1.82, 2.24) is 9.47 Å². The molecule has 2 aromatic rings. The number of likely N-dealkylation sites (N-methyl/N-ethyl adjacent to an activating group) is 1. The maximum Gasteiger partial charge on any atom is 0.242 e. The first-order valence-corrected chi connectivity index (χ1v) is 8.12. The molecule has 1 aliphatic heterocycles. The number of aliphatic hydroxyl groups excluding tert-OH is 1. The van der Waals surface area contributed by atoms with Gasteiger partial charge in [0, 0.05) is 25.4 Å². The summed E-state index contributed by atoms with van der Waals surface area (Å²) in [5.74, 6) is -0.0659. The molecule has 1 aromatic carbocycles. The summed E-state index contributed by atoms with van der Waals surface area (Å²) in [6.07, 6.45) is -1.16. The van der Waals surface area contributed by atoms with Gasteiger partial charge in [0.25, 0.3) is 0 Å². The highest BCUT2D eigenvalue weighted by Crippen LogP contribution is 2.21. The van der Waals surface area contributed by atoms with Crippen LogP contribution in [-0.4, -0.2) is 66.1 Å². The summed E-state index contributed by atoms with van der Waals surface area (Å²) in [5.41, 5.74) is 2.07. The Morgan fingerprint density at radius 3 is 2.92 bits per heavy atom. The topological polar surface area (TPSA) is 63.9 Å². The van der Waals surface area contributed by atoms with Gasteiger partial charge in [-0.05, 0) is 24.4 Å². The van der Waals surface area contributed by atoms with Gasteiger partial charge in [0.1, 0.15) is 18.8 Å². The van der Waals surface area contributed by atoms with Gasteiger partial charge in [-0.2, -0.15) is 0 Å². The fourth-order valence-corrected chi connectivity index (χ4v) is 3.29. The van der Waals surface area contributed by atoms with Crippen molar-refractivity contribution in [2.24, 2.45) is 0 Å². The maximum atomic E-state index is 12.7. The highest BCUT2D eigenvalue weighted by molar-refractivity contribution is 5.84. The Bertz CT molecular complexity index is 727. The van der Waals surface area contributed by atoms with Crippen molar-refractivity contribution in [3.63, 3.8) is 0 Å². The zero-order valence-corrected chi connectivity index (χ0v) is 14.3. The van der Waals surface area contributed by atoms with Crippen LogP contribution in [0, 0.1) is 6.92 Å². The Morgan fingerprint density at radius 1 is 1.42 bits per heavy atom. The molecule has 1 aromatic heterocycles. The third-order valence-corrected chi connectivity index (χ3v) is 4.85. The molecule has 0 radical (unpaired) electrons. The van der Waals surface area contributed by atoms with Crippen molar-refractivity contribution in [3.8, 4) is 0 Å². The number of rotatable bonds is 4. The number of carbonyl (C=O) groups is 1. The number of fused-ring (bicyclic) bond motifs is 1. The van der Waals surface area contributed by atoms with Gasteiger partial charge in [0.2, 0.25) is 5.91 Å². The molecular formula is C18H24N2O4. The molecular weight excluding hydrogens is 308 g/mol. The SMILES string of the molecule is CO[C@@H]1COC[C@@H](N(C)C(=O)Cn2c(C)cc3ccccc32)[C@@H]1O. The van der Waals surface area contributed by atoms with Crippen molar-refractivity contribution in [2.45, 2.75) is 31.7 Å². The molecule has 1 amide bonds. The molecule has 0 spiro atoms. The quantitative estimate of drug-likeness (QED) is 0.913. The van der Waals surface area contributed by atoms with Crippen LogP contribution in [0.4, 0.5) is 0 Å². The monoisotopic (exact) mass is 332 g/mol. The van der Waals surface area contributed by atoms with Crippen molar-refractivity contribution >= 4 is 16.8 Å². The molecule has 24 heavy (non-hydrogen) atoms. The van der Waals surface area contributed by atoms with Crippen LogP contribution in [0.2, 0.25) is 0 Å². The summed E-state index contributed by atoms with van der Waals surface area (Å²) >= 11 is 0. The molecule has 0 bridgehead atoms. The molecule has 0 unspecified atom stereocenters. The molecule has 0 aliphatic carbocycles. The van der Waals surface area contributed by atoms with Gasteiger partial charge in [-0.3, -0.25) is 4.79 Å². The molecule has 6 heteroatoms. The van der Waals surface area contributed by atoms with Crippen molar-refractivity contribution < 1.29 is 19.4 Å². The second-order valence-corrected chi connectivity index (χ2v) is 6.30. The maximum absolute atomic E-state index is 12.7. The summed E-state index contributed by atoms with van der Waals surface area (Å²) in [7, 11) is 3.25. The van der Waals surface area contributed by atoms with Gasteiger partial charge in [-0.15, -0.1) is 0 Å². The summed E-state index contributed by atoms with van der Waals surface area (Å²) < 4.78 is 12.7. The largest absolute Gasteiger partial charge is 0.388 e. The Hall–Kier alpha value is -1.89. The molecule has 1 aliphatic rings. The van der Waals surface area contributed by atoms with E-state index in [0.29, 0.717) is 13.2 Å². The van der Waals surface area contributed by atoms with Gasteiger partial charge in [-0.25, -0.2) is 0 Å². The highest BCUT2D eigenvalue weighted by atomic mass is 16.5. The predicted octanol–water partition coefficient (Wildman–Crippen LogP) is 1.18. The minimum atomic E-state index is -0.750. The number of methoxy groups -OCH3 is 1. The molecule has 130 valence electrons. The molecule has 1 fully saturated rings. The third-order valence-electron chi connectivity index (χ3n) is 4.85. The molecule has 3 rings (SSSR count). The lowest BCUT2D eigenvalue weighted by Gasteiger charge is -2.39. The van der Waals surface area contributed by atoms with E-state index in [-0.39, 0.29) is 12.5 Å². The number of aromatic nitrogens is 1. The number of hydrogen-bond donors (Lipinski definition) is 1. The number of aliphatic hydroxyl groups is 1. The Morgan fingerprint density at radius 2 is 2.17 bits per heavy atom. The molecule has 2 heterocycles. The van der Waals surface area contributed by atoms with Crippen LogP contribution in [0.1, 0.15) is 5.69 Å². The number of ether oxygens (including phenoxy) is 2. The van der Waals surface area contributed by atoms with Gasteiger partial charge in [-0.1, -0.05) is 18.2 Å². The fraction of sp³-hybridized carbons (Fsp3) is 0.500. The minimum Gasteiger partial charge on any atom is -0.388 e. The second-order valence-electron chi connectivity index (χ2n) is 6.30. The van der Waals surface area contributed by atoms with Crippen LogP contribution in [-0.2, 0) is 20.8 Å². The van der Waals surface area contributed by atoms with Crippen LogP contribution in [0.15, 0.2) is 30.3 Å². The van der Waals surface area contributed by atoms with E-state index < -0.39 is 18.2 Å². The number of carbonyl (C=O) groups excluding carboxylic acids is 1. The number of amides is 1. The molecule has 1 N–H and O–H groups in total. The van der Waals surface area contributed by atoms with E-state index >= 15 is 0 Å². The van der Waals surface area contributed by atoms with E-state index in [9.17, 15) is 9.90 Å². The van der Waals surface area contributed by atoms with Crippen LogP contribution in [0.5, 0.6) is 0 Å². The van der Waals surface area contributed by atoms with E-state index in [1.807, 2.05) is 35.8 Å².